The van der Waals surface area contributed by atoms with Gasteiger partial charge in [-0.1, -0.05) is 24.3 Å². The van der Waals surface area contributed by atoms with Crippen LogP contribution in [0.25, 0.3) is 6.08 Å². The van der Waals surface area contributed by atoms with E-state index in [1.807, 2.05) is 6.07 Å². The molecule has 6 nitrogen and oxygen atoms in total. The Bertz CT molecular complexity index is 834. The smallest absolute Gasteiger partial charge is 0.263 e. The Balaban J connectivity index is 1.62. The highest BCUT2D eigenvalue weighted by atomic mass is 35.5. The molecule has 0 spiro atoms. The summed E-state index contributed by atoms with van der Waals surface area (Å²) in [6.45, 7) is 4.01. The Kier molecular flexibility index (Phi) is 4.14. The molecule has 2 atom stereocenters. The van der Waals surface area contributed by atoms with E-state index in [2.05, 4.69) is 27.1 Å². The minimum Gasteiger partial charge on any atom is -0.472 e. The number of pyridine rings is 1. The Morgan fingerprint density at radius 1 is 1.42 bits per heavy atom. The van der Waals surface area contributed by atoms with Crippen LogP contribution in [0.5, 0.6) is 5.88 Å². The summed E-state index contributed by atoms with van der Waals surface area (Å²) >= 11 is 5.92. The van der Waals surface area contributed by atoms with Crippen molar-refractivity contribution in [2.24, 2.45) is 0 Å². The average molecular weight is 380 g/mol. The first-order valence-corrected chi connectivity index (χ1v) is 8.48. The van der Waals surface area contributed by atoms with Crippen molar-refractivity contribution in [3.8, 4) is 5.88 Å². The second-order valence-corrected chi connectivity index (χ2v) is 6.73. The molecule has 0 radical (unpaired) electrons. The fraction of sp³-hybridized carbons (Fsp3) is 0.353. The highest BCUT2D eigenvalue weighted by molar-refractivity contribution is 6.29. The average Bonchev–Trinajstić information content (AvgIpc) is 3.02. The van der Waals surface area contributed by atoms with E-state index in [0.717, 1.165) is 5.56 Å². The fourth-order valence-electron chi connectivity index (χ4n) is 3.50. The zero-order valence-electron chi connectivity index (χ0n) is 13.7. The Hall–Kier alpha value is -2.48. The minimum absolute atomic E-state index is 0.0523. The summed E-state index contributed by atoms with van der Waals surface area (Å²) in [5.41, 5.74) is -0.0142. The van der Waals surface area contributed by atoms with Gasteiger partial charge in [0.1, 0.15) is 11.6 Å². The summed E-state index contributed by atoms with van der Waals surface area (Å²) in [7, 11) is 0. The van der Waals surface area contributed by atoms with Gasteiger partial charge in [-0.05, 0) is 11.6 Å². The SMILES string of the molecule is C=Cc1ccc(O[C@H]2CN3c4cc(Cl)nnc4NC[C@@]3(C(F)F)C2)nc1. The molecular formula is C17H16ClF2N5O. The number of ether oxygens (including phenoxy) is 1. The third-order valence-electron chi connectivity index (χ3n) is 4.79. The molecule has 0 saturated carbocycles. The van der Waals surface area contributed by atoms with Crippen molar-refractivity contribution in [3.05, 3.63) is 41.7 Å². The van der Waals surface area contributed by atoms with Crippen molar-refractivity contribution in [3.63, 3.8) is 0 Å². The molecule has 136 valence electrons. The van der Waals surface area contributed by atoms with Crippen LogP contribution in [0, 0.1) is 0 Å². The predicted octanol–water partition coefficient (Wildman–Crippen LogP) is 3.26. The van der Waals surface area contributed by atoms with E-state index in [9.17, 15) is 8.78 Å². The first kappa shape index (κ1) is 17.0. The number of anilines is 2. The van der Waals surface area contributed by atoms with Gasteiger partial charge in [0, 0.05) is 31.3 Å². The number of alkyl halides is 2. The molecule has 0 unspecified atom stereocenters. The Morgan fingerprint density at radius 3 is 2.96 bits per heavy atom. The lowest BCUT2D eigenvalue weighted by Crippen LogP contribution is -2.57. The topological polar surface area (TPSA) is 63.2 Å². The molecular weight excluding hydrogens is 364 g/mol. The van der Waals surface area contributed by atoms with Crippen LogP contribution >= 0.6 is 11.6 Å². The van der Waals surface area contributed by atoms with Gasteiger partial charge in [0.2, 0.25) is 5.88 Å². The second-order valence-electron chi connectivity index (χ2n) is 6.35. The summed E-state index contributed by atoms with van der Waals surface area (Å²) in [5, 5.41) is 10.8. The third kappa shape index (κ3) is 2.74. The van der Waals surface area contributed by atoms with Gasteiger partial charge in [-0.3, -0.25) is 0 Å². The summed E-state index contributed by atoms with van der Waals surface area (Å²) in [4.78, 5) is 5.83. The standard InChI is InChI=1S/C17H16ClF2N5O/c1-2-10-3-4-14(21-7-10)26-11-6-17(16(19)20)9-22-15-12(25(17)8-11)5-13(18)23-24-15/h2-5,7,11,16H,1,6,8-9H2,(H,22,24)/t11-,17-/m1/s1. The number of halogens is 3. The molecule has 2 aliphatic heterocycles. The van der Waals surface area contributed by atoms with Crippen molar-refractivity contribution in [2.45, 2.75) is 24.5 Å². The molecule has 9 heteroatoms. The van der Waals surface area contributed by atoms with E-state index >= 15 is 0 Å². The maximum atomic E-state index is 14.0. The van der Waals surface area contributed by atoms with Crippen molar-refractivity contribution in [1.82, 2.24) is 15.2 Å². The number of fused-ring (bicyclic) bond motifs is 3. The first-order valence-electron chi connectivity index (χ1n) is 8.10. The molecule has 0 amide bonds. The molecule has 1 saturated heterocycles. The molecule has 0 bridgehead atoms. The normalized spacial score (nSPS) is 24.0. The molecule has 1 fully saturated rings. The molecule has 2 aliphatic rings. The highest BCUT2D eigenvalue weighted by Crippen LogP contribution is 2.45. The summed E-state index contributed by atoms with van der Waals surface area (Å²) in [6.07, 6.45) is 0.443. The molecule has 4 heterocycles. The van der Waals surface area contributed by atoms with Crippen LogP contribution in [0.15, 0.2) is 31.0 Å². The zero-order valence-corrected chi connectivity index (χ0v) is 14.5. The van der Waals surface area contributed by atoms with Gasteiger partial charge in [0.25, 0.3) is 6.43 Å². The monoisotopic (exact) mass is 379 g/mol. The number of hydrogen-bond donors (Lipinski definition) is 1. The maximum Gasteiger partial charge on any atom is 0.263 e. The number of nitrogens with zero attached hydrogens (tertiary/aromatic N) is 4. The zero-order chi connectivity index (χ0) is 18.3. The van der Waals surface area contributed by atoms with Crippen LogP contribution in [0.2, 0.25) is 5.15 Å². The second kappa shape index (κ2) is 6.35. The number of nitrogens with one attached hydrogen (secondary N) is 1. The van der Waals surface area contributed by atoms with Crippen molar-refractivity contribution in [2.75, 3.05) is 23.3 Å². The van der Waals surface area contributed by atoms with Crippen molar-refractivity contribution >= 4 is 29.2 Å². The van der Waals surface area contributed by atoms with Crippen LogP contribution in [-0.4, -0.2) is 46.3 Å². The summed E-state index contributed by atoms with van der Waals surface area (Å²) in [5.74, 6) is 0.837. The van der Waals surface area contributed by atoms with E-state index in [1.54, 1.807) is 29.3 Å². The molecule has 2 aromatic rings. The van der Waals surface area contributed by atoms with Gasteiger partial charge in [-0.2, -0.15) is 0 Å². The lowest BCUT2D eigenvalue weighted by molar-refractivity contribution is 0.0529. The largest absolute Gasteiger partial charge is 0.472 e. The van der Waals surface area contributed by atoms with E-state index in [-0.39, 0.29) is 24.7 Å². The Labute approximate surface area is 153 Å². The van der Waals surface area contributed by atoms with Crippen LogP contribution in [0.3, 0.4) is 0 Å². The van der Waals surface area contributed by atoms with Crippen LogP contribution < -0.4 is 15.0 Å². The van der Waals surface area contributed by atoms with Gasteiger partial charge in [0.15, 0.2) is 11.0 Å². The first-order chi connectivity index (χ1) is 12.5. The van der Waals surface area contributed by atoms with Crippen LogP contribution in [0.4, 0.5) is 20.3 Å². The maximum absolute atomic E-state index is 14.0. The molecule has 26 heavy (non-hydrogen) atoms. The number of hydrogen-bond acceptors (Lipinski definition) is 6. The lowest BCUT2D eigenvalue weighted by Gasteiger charge is -2.43. The highest BCUT2D eigenvalue weighted by Gasteiger charge is 2.55. The van der Waals surface area contributed by atoms with Gasteiger partial charge in [-0.25, -0.2) is 13.8 Å². The lowest BCUT2D eigenvalue weighted by atomic mass is 9.93. The van der Waals surface area contributed by atoms with Gasteiger partial charge >= 0.3 is 0 Å². The predicted molar refractivity (Wildman–Crippen MR) is 95.0 cm³/mol. The molecule has 4 rings (SSSR count). The van der Waals surface area contributed by atoms with Gasteiger partial charge in [-0.15, -0.1) is 10.2 Å². The van der Waals surface area contributed by atoms with Crippen LogP contribution in [-0.2, 0) is 0 Å². The van der Waals surface area contributed by atoms with Crippen LogP contribution in [0.1, 0.15) is 12.0 Å². The van der Waals surface area contributed by atoms with E-state index in [0.29, 0.717) is 17.4 Å². The molecule has 1 N–H and O–H groups in total. The number of rotatable bonds is 4. The van der Waals surface area contributed by atoms with Crippen molar-refractivity contribution in [1.29, 1.82) is 0 Å². The summed E-state index contributed by atoms with van der Waals surface area (Å²) in [6, 6.07) is 5.07. The van der Waals surface area contributed by atoms with E-state index < -0.39 is 18.1 Å². The van der Waals surface area contributed by atoms with Gasteiger partial charge in [0.05, 0.1) is 12.2 Å². The quantitative estimate of drug-likeness (QED) is 0.879. The Morgan fingerprint density at radius 2 is 2.27 bits per heavy atom. The third-order valence-corrected chi connectivity index (χ3v) is 4.97. The minimum atomic E-state index is -2.57. The van der Waals surface area contributed by atoms with Crippen molar-refractivity contribution < 1.29 is 13.5 Å². The number of aromatic nitrogens is 3. The van der Waals surface area contributed by atoms with E-state index in [1.165, 1.54) is 0 Å². The summed E-state index contributed by atoms with van der Waals surface area (Å²) < 4.78 is 33.9. The van der Waals surface area contributed by atoms with Gasteiger partial charge < -0.3 is 15.0 Å². The van der Waals surface area contributed by atoms with E-state index in [4.69, 9.17) is 16.3 Å². The molecule has 0 aliphatic carbocycles. The molecule has 0 aromatic carbocycles. The molecule has 2 aromatic heterocycles. The fourth-order valence-corrected chi connectivity index (χ4v) is 3.64.